The van der Waals surface area contributed by atoms with E-state index < -0.39 is 0 Å². The number of aliphatic imine (C=N–C) groups is 1. The molecule has 0 atom stereocenters. The summed E-state index contributed by atoms with van der Waals surface area (Å²) in [5.74, 6) is 1.36. The van der Waals surface area contributed by atoms with Gasteiger partial charge in [0.05, 0.1) is 19.0 Å². The smallest absolute Gasteiger partial charge is 0.161 e. The largest absolute Gasteiger partial charge is 0.504 e. The van der Waals surface area contributed by atoms with E-state index in [0.29, 0.717) is 18.8 Å². The number of thiophene rings is 1. The van der Waals surface area contributed by atoms with Crippen molar-refractivity contribution in [1.82, 2.24) is 9.97 Å². The van der Waals surface area contributed by atoms with Crippen LogP contribution in [0.5, 0.6) is 11.5 Å². The van der Waals surface area contributed by atoms with Crippen LogP contribution in [-0.4, -0.2) is 41.5 Å². The van der Waals surface area contributed by atoms with Gasteiger partial charge < -0.3 is 15.2 Å². The first-order valence-corrected chi connectivity index (χ1v) is 10.0. The molecule has 0 aliphatic rings. The molecule has 0 aliphatic carbocycles. The molecule has 0 bridgehead atoms. The summed E-state index contributed by atoms with van der Waals surface area (Å²) in [6, 6.07) is 15.4. The number of hydrogen-bond donors (Lipinski definition) is 2. The van der Waals surface area contributed by atoms with Crippen LogP contribution in [0.1, 0.15) is 5.56 Å². The summed E-state index contributed by atoms with van der Waals surface area (Å²) in [6.45, 7) is 1.22. The molecule has 29 heavy (non-hydrogen) atoms. The van der Waals surface area contributed by atoms with E-state index in [1.807, 2.05) is 18.2 Å². The minimum atomic E-state index is 0.115. The number of nitrogens with zero attached hydrogens (tertiary/aromatic N) is 3. The van der Waals surface area contributed by atoms with Gasteiger partial charge in [-0.25, -0.2) is 9.97 Å². The van der Waals surface area contributed by atoms with Gasteiger partial charge in [0.2, 0.25) is 0 Å². The standard InChI is InChI=1S/C22H20N4O2S/c1-28-19-11-15(7-8-18(19)27)12-23-9-10-24-21-20-17(16-5-3-2-4-6-16)13-29-22(20)26-14-25-21/h2-8,11-14,27H,9-10H2,1H3,(H,24,25,26)/b23-12+. The highest BCUT2D eigenvalue weighted by Gasteiger charge is 2.12. The van der Waals surface area contributed by atoms with E-state index in [4.69, 9.17) is 4.74 Å². The number of phenols is 1. The fourth-order valence-electron chi connectivity index (χ4n) is 3.02. The Bertz CT molecular complexity index is 1140. The summed E-state index contributed by atoms with van der Waals surface area (Å²) in [4.78, 5) is 14.2. The van der Waals surface area contributed by atoms with E-state index in [1.165, 1.54) is 7.11 Å². The number of rotatable bonds is 7. The predicted octanol–water partition coefficient (Wildman–Crippen LogP) is 4.60. The first kappa shape index (κ1) is 18.9. The maximum atomic E-state index is 9.65. The molecule has 2 heterocycles. The van der Waals surface area contributed by atoms with Crippen LogP contribution in [0, 0.1) is 0 Å². The van der Waals surface area contributed by atoms with Crippen LogP contribution in [0.25, 0.3) is 21.3 Å². The highest BCUT2D eigenvalue weighted by Crippen LogP contribution is 2.36. The summed E-state index contributed by atoms with van der Waals surface area (Å²) >= 11 is 1.62. The minimum Gasteiger partial charge on any atom is -0.504 e. The van der Waals surface area contributed by atoms with E-state index in [1.54, 1.807) is 42.1 Å². The van der Waals surface area contributed by atoms with E-state index in [0.717, 1.165) is 32.7 Å². The van der Waals surface area contributed by atoms with Crippen LogP contribution >= 0.6 is 11.3 Å². The van der Waals surface area contributed by atoms with Gasteiger partial charge >= 0.3 is 0 Å². The van der Waals surface area contributed by atoms with Gasteiger partial charge in [-0.15, -0.1) is 11.3 Å². The monoisotopic (exact) mass is 404 g/mol. The second-order valence-electron chi connectivity index (χ2n) is 6.31. The molecule has 7 heteroatoms. The van der Waals surface area contributed by atoms with Gasteiger partial charge in [0.15, 0.2) is 11.5 Å². The zero-order valence-electron chi connectivity index (χ0n) is 15.9. The summed E-state index contributed by atoms with van der Waals surface area (Å²) < 4.78 is 5.11. The molecule has 0 unspecified atom stereocenters. The van der Waals surface area contributed by atoms with Crippen LogP contribution in [0.15, 0.2) is 65.2 Å². The lowest BCUT2D eigenvalue weighted by Gasteiger charge is -2.07. The second-order valence-corrected chi connectivity index (χ2v) is 7.17. The van der Waals surface area contributed by atoms with Crippen molar-refractivity contribution in [3.8, 4) is 22.6 Å². The second kappa shape index (κ2) is 8.70. The summed E-state index contributed by atoms with van der Waals surface area (Å²) in [5, 5.41) is 16.2. The lowest BCUT2D eigenvalue weighted by molar-refractivity contribution is 0.373. The molecule has 0 spiro atoms. The van der Waals surface area contributed by atoms with Crippen molar-refractivity contribution in [3.63, 3.8) is 0 Å². The molecule has 0 amide bonds. The first-order chi connectivity index (χ1) is 14.3. The van der Waals surface area contributed by atoms with E-state index in [9.17, 15) is 5.11 Å². The Morgan fingerprint density at radius 2 is 2.03 bits per heavy atom. The van der Waals surface area contributed by atoms with Gasteiger partial charge in [0.25, 0.3) is 0 Å². The SMILES string of the molecule is COc1cc(/C=N/CCNc2ncnc3scc(-c4ccccc4)c23)ccc1O. The summed E-state index contributed by atoms with van der Waals surface area (Å²) in [5.41, 5.74) is 3.15. The van der Waals surface area contributed by atoms with Crippen LogP contribution < -0.4 is 10.1 Å². The Balaban J connectivity index is 1.46. The number of phenolic OH excluding ortho intramolecular Hbond substituents is 1. The first-order valence-electron chi connectivity index (χ1n) is 9.14. The molecular formula is C22H20N4O2S. The molecule has 0 saturated heterocycles. The number of anilines is 1. The number of hydrogen-bond acceptors (Lipinski definition) is 7. The Morgan fingerprint density at radius 1 is 1.17 bits per heavy atom. The molecule has 0 fully saturated rings. The molecule has 4 rings (SSSR count). The molecule has 4 aromatic rings. The van der Waals surface area contributed by atoms with Gasteiger partial charge in [-0.3, -0.25) is 4.99 Å². The molecule has 0 saturated carbocycles. The van der Waals surface area contributed by atoms with Crippen LogP contribution in [-0.2, 0) is 0 Å². The van der Waals surface area contributed by atoms with E-state index in [2.05, 4.69) is 37.8 Å². The molecule has 2 aromatic carbocycles. The van der Waals surface area contributed by atoms with Crippen molar-refractivity contribution in [2.75, 3.05) is 25.5 Å². The van der Waals surface area contributed by atoms with Gasteiger partial charge in [-0.05, 0) is 29.3 Å². The molecular weight excluding hydrogens is 384 g/mol. The third kappa shape index (κ3) is 4.20. The van der Waals surface area contributed by atoms with Crippen molar-refractivity contribution in [2.24, 2.45) is 4.99 Å². The molecule has 0 radical (unpaired) electrons. The third-order valence-corrected chi connectivity index (χ3v) is 5.32. The zero-order valence-corrected chi connectivity index (χ0v) is 16.7. The normalized spacial score (nSPS) is 11.2. The fourth-order valence-corrected chi connectivity index (χ4v) is 3.94. The van der Waals surface area contributed by atoms with Gasteiger partial charge in [0, 0.05) is 23.7 Å². The predicted molar refractivity (Wildman–Crippen MR) is 118 cm³/mol. The summed E-state index contributed by atoms with van der Waals surface area (Å²) in [6.07, 6.45) is 3.35. The molecule has 2 N–H and O–H groups in total. The van der Waals surface area contributed by atoms with Crippen molar-refractivity contribution >= 4 is 33.6 Å². The van der Waals surface area contributed by atoms with E-state index >= 15 is 0 Å². The van der Waals surface area contributed by atoms with E-state index in [-0.39, 0.29) is 5.75 Å². The number of aromatic hydroxyl groups is 1. The molecule has 146 valence electrons. The van der Waals surface area contributed by atoms with Crippen molar-refractivity contribution in [2.45, 2.75) is 0 Å². The fraction of sp³-hybridized carbons (Fsp3) is 0.136. The van der Waals surface area contributed by atoms with Gasteiger partial charge in [-0.2, -0.15) is 0 Å². The number of aromatic nitrogens is 2. The lowest BCUT2D eigenvalue weighted by Crippen LogP contribution is -2.07. The Labute approximate surface area is 172 Å². The lowest BCUT2D eigenvalue weighted by atomic mass is 10.1. The Morgan fingerprint density at radius 3 is 2.86 bits per heavy atom. The maximum Gasteiger partial charge on any atom is 0.161 e. The van der Waals surface area contributed by atoms with Crippen LogP contribution in [0.4, 0.5) is 5.82 Å². The highest BCUT2D eigenvalue weighted by molar-refractivity contribution is 7.17. The number of methoxy groups -OCH3 is 1. The number of fused-ring (bicyclic) bond motifs is 1. The third-order valence-electron chi connectivity index (χ3n) is 4.43. The maximum absolute atomic E-state index is 9.65. The zero-order chi connectivity index (χ0) is 20.1. The highest BCUT2D eigenvalue weighted by atomic mass is 32.1. The average molecular weight is 404 g/mol. The van der Waals surface area contributed by atoms with Crippen LogP contribution in [0.3, 0.4) is 0 Å². The molecule has 0 aliphatic heterocycles. The van der Waals surface area contributed by atoms with Crippen LogP contribution in [0.2, 0.25) is 0 Å². The number of ether oxygens (including phenoxy) is 1. The number of benzene rings is 2. The summed E-state index contributed by atoms with van der Waals surface area (Å²) in [7, 11) is 1.52. The van der Waals surface area contributed by atoms with Gasteiger partial charge in [0.1, 0.15) is 17.0 Å². The van der Waals surface area contributed by atoms with Gasteiger partial charge in [-0.1, -0.05) is 30.3 Å². The minimum absolute atomic E-state index is 0.115. The quantitative estimate of drug-likeness (QED) is 0.347. The number of nitrogens with one attached hydrogen (secondary N) is 1. The molecule has 2 aromatic heterocycles. The van der Waals surface area contributed by atoms with Crippen molar-refractivity contribution in [1.29, 1.82) is 0 Å². The Kier molecular flexibility index (Phi) is 5.67. The topological polar surface area (TPSA) is 79.6 Å². The van der Waals surface area contributed by atoms with Crippen molar-refractivity contribution < 1.29 is 9.84 Å². The Hall–Kier alpha value is -3.45. The van der Waals surface area contributed by atoms with Crippen molar-refractivity contribution in [3.05, 3.63) is 65.8 Å². The molecule has 6 nitrogen and oxygen atoms in total. The average Bonchev–Trinajstić information content (AvgIpc) is 3.20.